The number of piperidine rings is 1. The van der Waals surface area contributed by atoms with E-state index in [0.29, 0.717) is 29.5 Å². The molecule has 2 heterocycles. The zero-order valence-corrected chi connectivity index (χ0v) is 19.6. The van der Waals surface area contributed by atoms with Crippen LogP contribution in [0.4, 0.5) is 0 Å². The number of benzene rings is 2. The Bertz CT molecular complexity index is 1040. The summed E-state index contributed by atoms with van der Waals surface area (Å²) in [7, 11) is 0. The first-order chi connectivity index (χ1) is 15.6. The van der Waals surface area contributed by atoms with Crippen LogP contribution < -0.4 is 10.1 Å². The number of aromatic nitrogens is 2. The third kappa shape index (κ3) is 6.14. The average molecular weight is 451 g/mol. The Labute approximate surface area is 193 Å². The fraction of sp³-hybridized carbons (Fsp3) is 0.400. The van der Waals surface area contributed by atoms with Crippen LogP contribution >= 0.6 is 11.5 Å². The molecule has 0 radical (unpaired) electrons. The smallest absolute Gasteiger partial charge is 0.298 e. The zero-order valence-electron chi connectivity index (χ0n) is 18.8. The van der Waals surface area contributed by atoms with Crippen molar-refractivity contribution in [2.45, 2.75) is 39.5 Å². The summed E-state index contributed by atoms with van der Waals surface area (Å²) in [6.45, 7) is 7.85. The predicted molar refractivity (Wildman–Crippen MR) is 128 cm³/mol. The van der Waals surface area contributed by atoms with Gasteiger partial charge in [-0.1, -0.05) is 42.3 Å². The Morgan fingerprint density at radius 3 is 2.66 bits per heavy atom. The molecule has 0 saturated carbocycles. The number of nitrogens with zero attached hydrogens (tertiary/aromatic N) is 3. The molecule has 1 aliphatic rings. The fourth-order valence-corrected chi connectivity index (χ4v) is 4.36. The highest BCUT2D eigenvalue weighted by atomic mass is 32.1. The Kier molecular flexibility index (Phi) is 7.50. The Hall–Kier alpha value is -2.77. The van der Waals surface area contributed by atoms with Crippen LogP contribution in [0.25, 0.3) is 0 Å². The summed E-state index contributed by atoms with van der Waals surface area (Å²) in [5.74, 6) is 1.29. The lowest BCUT2D eigenvalue weighted by Crippen LogP contribution is -2.37. The lowest BCUT2D eigenvalue weighted by Gasteiger charge is -2.26. The first-order valence-corrected chi connectivity index (χ1v) is 12.0. The van der Waals surface area contributed by atoms with Crippen LogP contribution in [-0.2, 0) is 6.42 Å². The average Bonchev–Trinajstić information content (AvgIpc) is 3.24. The highest BCUT2D eigenvalue weighted by Crippen LogP contribution is 2.28. The van der Waals surface area contributed by atoms with Crippen LogP contribution in [-0.4, -0.2) is 46.3 Å². The van der Waals surface area contributed by atoms with Crippen molar-refractivity contribution < 1.29 is 9.53 Å². The van der Waals surface area contributed by atoms with E-state index in [9.17, 15) is 4.79 Å². The van der Waals surface area contributed by atoms with Gasteiger partial charge in [0.1, 0.15) is 5.75 Å². The van der Waals surface area contributed by atoms with Gasteiger partial charge in [0.15, 0.2) is 5.82 Å². The van der Waals surface area contributed by atoms with Crippen LogP contribution in [0.3, 0.4) is 0 Å². The normalized spacial score (nSPS) is 14.3. The number of carbonyl (C=O) groups excluding carboxylic acids is 1. The van der Waals surface area contributed by atoms with E-state index in [4.69, 9.17) is 4.74 Å². The number of hydrogen-bond donors (Lipinski definition) is 1. The monoisotopic (exact) mass is 450 g/mol. The van der Waals surface area contributed by atoms with Crippen molar-refractivity contribution in [3.8, 4) is 10.9 Å². The second-order valence-corrected chi connectivity index (χ2v) is 9.09. The van der Waals surface area contributed by atoms with Gasteiger partial charge in [-0.2, -0.15) is 9.36 Å². The third-order valence-electron chi connectivity index (χ3n) is 5.74. The molecule has 1 aliphatic heterocycles. The Morgan fingerprint density at radius 2 is 1.88 bits per heavy atom. The minimum absolute atomic E-state index is 0.0795. The SMILES string of the molecule is Cc1ccc(Cc2nsc(Oc3cc(C(=O)NCCN4CCCCC4)ccc3C)n2)cc1. The molecule has 0 unspecified atom stereocenters. The molecule has 1 aromatic heterocycles. The topological polar surface area (TPSA) is 67.3 Å². The van der Waals surface area contributed by atoms with Crippen LogP contribution in [0, 0.1) is 13.8 Å². The standard InChI is InChI=1S/C25H30N4O2S/c1-18-6-9-20(10-7-18)16-23-27-25(32-28-23)31-22-17-21(11-8-19(22)2)24(30)26-12-15-29-13-4-3-5-14-29/h6-11,17H,3-5,12-16H2,1-2H3,(H,26,30). The molecule has 0 spiro atoms. The van der Waals surface area contributed by atoms with E-state index in [-0.39, 0.29) is 5.91 Å². The first-order valence-electron chi connectivity index (χ1n) is 11.2. The van der Waals surface area contributed by atoms with Gasteiger partial charge in [0.2, 0.25) is 0 Å². The molecular formula is C25H30N4O2S. The van der Waals surface area contributed by atoms with Gasteiger partial charge in [0.25, 0.3) is 11.1 Å². The van der Waals surface area contributed by atoms with Gasteiger partial charge in [0, 0.05) is 36.6 Å². The van der Waals surface area contributed by atoms with Gasteiger partial charge in [-0.3, -0.25) is 4.79 Å². The van der Waals surface area contributed by atoms with E-state index in [2.05, 4.69) is 50.8 Å². The van der Waals surface area contributed by atoms with Crippen molar-refractivity contribution in [2.24, 2.45) is 0 Å². The number of ether oxygens (including phenoxy) is 1. The molecule has 1 fully saturated rings. The van der Waals surface area contributed by atoms with Crippen molar-refractivity contribution in [2.75, 3.05) is 26.2 Å². The number of nitrogens with one attached hydrogen (secondary N) is 1. The summed E-state index contributed by atoms with van der Waals surface area (Å²) in [6, 6.07) is 13.9. The number of carbonyl (C=O) groups is 1. The molecule has 4 rings (SSSR count). The molecule has 3 aromatic rings. The molecule has 1 saturated heterocycles. The molecule has 0 aliphatic carbocycles. The van der Waals surface area contributed by atoms with Crippen LogP contribution in [0.2, 0.25) is 0 Å². The van der Waals surface area contributed by atoms with E-state index < -0.39 is 0 Å². The second-order valence-electron chi connectivity index (χ2n) is 8.38. The maximum atomic E-state index is 12.6. The summed E-state index contributed by atoms with van der Waals surface area (Å²) < 4.78 is 10.4. The molecule has 0 bridgehead atoms. The molecule has 1 amide bonds. The predicted octanol–water partition coefficient (Wildman–Crippen LogP) is 4.75. The molecule has 32 heavy (non-hydrogen) atoms. The lowest BCUT2D eigenvalue weighted by molar-refractivity contribution is 0.0946. The van der Waals surface area contributed by atoms with Gasteiger partial charge in [-0.05, 0) is 63.0 Å². The minimum Gasteiger partial charge on any atom is -0.430 e. The highest BCUT2D eigenvalue weighted by Gasteiger charge is 2.14. The molecule has 2 aromatic carbocycles. The molecule has 168 valence electrons. The lowest BCUT2D eigenvalue weighted by atomic mass is 10.1. The third-order valence-corrected chi connectivity index (χ3v) is 6.38. The zero-order chi connectivity index (χ0) is 22.3. The first kappa shape index (κ1) is 22.4. The summed E-state index contributed by atoms with van der Waals surface area (Å²) in [6.07, 6.45) is 4.49. The highest BCUT2D eigenvalue weighted by molar-refractivity contribution is 7.07. The van der Waals surface area contributed by atoms with Crippen LogP contribution in [0.15, 0.2) is 42.5 Å². The number of rotatable bonds is 8. The van der Waals surface area contributed by atoms with Gasteiger partial charge in [0.05, 0.1) is 0 Å². The van der Waals surface area contributed by atoms with Crippen molar-refractivity contribution in [1.82, 2.24) is 19.6 Å². The number of likely N-dealkylation sites (tertiary alicyclic amines) is 1. The second kappa shape index (κ2) is 10.7. The van der Waals surface area contributed by atoms with Crippen molar-refractivity contribution in [3.05, 3.63) is 70.5 Å². The molecule has 1 N–H and O–H groups in total. The van der Waals surface area contributed by atoms with Gasteiger partial charge in [-0.15, -0.1) is 0 Å². The van der Waals surface area contributed by atoms with Crippen molar-refractivity contribution in [1.29, 1.82) is 0 Å². The fourth-order valence-electron chi connectivity index (χ4n) is 3.80. The maximum absolute atomic E-state index is 12.6. The number of aryl methyl sites for hydroxylation is 2. The van der Waals surface area contributed by atoms with E-state index in [1.807, 2.05) is 19.1 Å². The summed E-state index contributed by atoms with van der Waals surface area (Å²) in [4.78, 5) is 19.6. The maximum Gasteiger partial charge on any atom is 0.298 e. The van der Waals surface area contributed by atoms with Gasteiger partial charge in [-0.25, -0.2) is 0 Å². The Balaban J connectivity index is 1.34. The quantitative estimate of drug-likeness (QED) is 0.536. The molecule has 6 nitrogen and oxygen atoms in total. The van der Waals surface area contributed by atoms with E-state index in [1.54, 1.807) is 6.07 Å². The summed E-state index contributed by atoms with van der Waals surface area (Å²) >= 11 is 1.23. The molecule has 0 atom stereocenters. The van der Waals surface area contributed by atoms with E-state index in [0.717, 1.165) is 31.0 Å². The Morgan fingerprint density at radius 1 is 1.09 bits per heavy atom. The van der Waals surface area contributed by atoms with E-state index >= 15 is 0 Å². The van der Waals surface area contributed by atoms with E-state index in [1.165, 1.54) is 41.9 Å². The molecular weight excluding hydrogens is 420 g/mol. The minimum atomic E-state index is -0.0795. The largest absolute Gasteiger partial charge is 0.430 e. The van der Waals surface area contributed by atoms with Crippen molar-refractivity contribution >= 4 is 17.4 Å². The summed E-state index contributed by atoms with van der Waals surface area (Å²) in [5.41, 5.74) is 3.94. The molecule has 7 heteroatoms. The summed E-state index contributed by atoms with van der Waals surface area (Å²) in [5, 5.41) is 3.51. The van der Waals surface area contributed by atoms with Gasteiger partial charge < -0.3 is 15.0 Å². The van der Waals surface area contributed by atoms with Crippen LogP contribution in [0.1, 0.15) is 52.1 Å². The number of hydrogen-bond acceptors (Lipinski definition) is 6. The van der Waals surface area contributed by atoms with Gasteiger partial charge >= 0.3 is 0 Å². The van der Waals surface area contributed by atoms with Crippen LogP contribution in [0.5, 0.6) is 10.9 Å². The number of amides is 1. The van der Waals surface area contributed by atoms with Crippen molar-refractivity contribution in [3.63, 3.8) is 0 Å².